The van der Waals surface area contributed by atoms with Crippen molar-refractivity contribution in [1.82, 2.24) is 9.55 Å². The topological polar surface area (TPSA) is 43.8 Å². The van der Waals surface area contributed by atoms with E-state index in [4.69, 9.17) is 5.73 Å². The van der Waals surface area contributed by atoms with Crippen molar-refractivity contribution >= 4 is 15.9 Å². The fraction of sp³-hybridized carbons (Fsp3) is 0.400. The highest BCUT2D eigenvalue weighted by Crippen LogP contribution is 2.23. The number of hydrogen-bond acceptors (Lipinski definition) is 2. The van der Waals surface area contributed by atoms with Gasteiger partial charge in [-0.2, -0.15) is 0 Å². The quantitative estimate of drug-likeness (QED) is 0.936. The van der Waals surface area contributed by atoms with Crippen molar-refractivity contribution in [2.24, 2.45) is 5.73 Å². The van der Waals surface area contributed by atoms with Crippen LogP contribution in [0.1, 0.15) is 30.3 Å². The first-order valence-electron chi connectivity index (χ1n) is 6.57. The zero-order chi connectivity index (χ0) is 14.0. The van der Waals surface area contributed by atoms with Crippen molar-refractivity contribution in [2.75, 3.05) is 0 Å². The van der Waals surface area contributed by atoms with Crippen molar-refractivity contribution in [3.63, 3.8) is 0 Å². The number of halogens is 1. The molecule has 4 heteroatoms. The first-order valence-corrected chi connectivity index (χ1v) is 7.37. The minimum absolute atomic E-state index is 0.193. The maximum atomic E-state index is 6.11. The zero-order valence-electron chi connectivity index (χ0n) is 11.7. The van der Waals surface area contributed by atoms with Crippen LogP contribution >= 0.6 is 15.9 Å². The van der Waals surface area contributed by atoms with E-state index in [1.54, 1.807) is 0 Å². The minimum Gasteiger partial charge on any atom is -0.327 e. The van der Waals surface area contributed by atoms with Crippen molar-refractivity contribution in [3.05, 3.63) is 46.0 Å². The largest absolute Gasteiger partial charge is 0.327 e. The number of rotatable bonds is 4. The van der Waals surface area contributed by atoms with E-state index >= 15 is 0 Å². The van der Waals surface area contributed by atoms with Crippen LogP contribution in [0.5, 0.6) is 0 Å². The Morgan fingerprint density at radius 2 is 2.11 bits per heavy atom. The molecule has 0 spiro atoms. The van der Waals surface area contributed by atoms with Gasteiger partial charge in [-0.15, -0.1) is 0 Å². The number of aryl methyl sites for hydroxylation is 1. The fourth-order valence-corrected chi connectivity index (χ4v) is 2.53. The van der Waals surface area contributed by atoms with Crippen molar-refractivity contribution < 1.29 is 0 Å². The molecular formula is C15H20BrN3. The molecule has 0 saturated heterocycles. The summed E-state index contributed by atoms with van der Waals surface area (Å²) < 4.78 is 3.23. The third kappa shape index (κ3) is 3.07. The SMILES string of the molecule is CCC(N)Cc1cc(Br)ccc1-n1cnc(C)c1C. The Hall–Kier alpha value is -1.13. The Labute approximate surface area is 123 Å². The lowest BCUT2D eigenvalue weighted by molar-refractivity contribution is 0.644. The summed E-state index contributed by atoms with van der Waals surface area (Å²) in [5.74, 6) is 0. The van der Waals surface area contributed by atoms with Gasteiger partial charge in [0, 0.05) is 16.2 Å². The number of nitrogens with two attached hydrogens (primary N) is 1. The average Bonchev–Trinajstić information content (AvgIpc) is 2.70. The predicted octanol–water partition coefficient (Wildman–Crippen LogP) is 3.53. The van der Waals surface area contributed by atoms with Gasteiger partial charge >= 0.3 is 0 Å². The summed E-state index contributed by atoms with van der Waals surface area (Å²) in [7, 11) is 0. The van der Waals surface area contributed by atoms with E-state index in [1.165, 1.54) is 16.9 Å². The standard InChI is InChI=1S/C15H20BrN3/c1-4-14(17)8-12-7-13(16)5-6-15(12)19-9-18-10(2)11(19)3/h5-7,9,14H,4,8,17H2,1-3H3. The summed E-state index contributed by atoms with van der Waals surface area (Å²) in [5, 5.41) is 0. The van der Waals surface area contributed by atoms with Crippen molar-refractivity contribution in [1.29, 1.82) is 0 Å². The summed E-state index contributed by atoms with van der Waals surface area (Å²) in [6, 6.07) is 6.53. The summed E-state index contributed by atoms with van der Waals surface area (Å²) >= 11 is 3.54. The molecule has 0 aliphatic heterocycles. The van der Waals surface area contributed by atoms with Gasteiger partial charge in [0.1, 0.15) is 0 Å². The average molecular weight is 322 g/mol. The molecule has 1 atom stereocenters. The summed E-state index contributed by atoms with van der Waals surface area (Å²) in [4.78, 5) is 4.38. The van der Waals surface area contributed by atoms with Gasteiger partial charge in [-0.3, -0.25) is 0 Å². The molecule has 2 aromatic rings. The molecule has 0 amide bonds. The Morgan fingerprint density at radius 1 is 1.37 bits per heavy atom. The van der Waals surface area contributed by atoms with Gasteiger partial charge in [0.05, 0.1) is 17.7 Å². The fourth-order valence-electron chi connectivity index (χ4n) is 2.12. The number of nitrogens with zero attached hydrogens (tertiary/aromatic N) is 2. The maximum Gasteiger partial charge on any atom is 0.0997 e. The maximum absolute atomic E-state index is 6.11. The molecular weight excluding hydrogens is 302 g/mol. The highest BCUT2D eigenvalue weighted by molar-refractivity contribution is 9.10. The van der Waals surface area contributed by atoms with E-state index < -0.39 is 0 Å². The Bertz CT molecular complexity index is 575. The van der Waals surface area contributed by atoms with E-state index in [0.717, 1.165) is 23.0 Å². The van der Waals surface area contributed by atoms with Gasteiger partial charge < -0.3 is 10.3 Å². The second-order valence-electron chi connectivity index (χ2n) is 4.93. The van der Waals surface area contributed by atoms with Crippen LogP contribution in [0.25, 0.3) is 5.69 Å². The molecule has 1 aromatic heterocycles. The van der Waals surface area contributed by atoms with Gasteiger partial charge in [0.25, 0.3) is 0 Å². The van der Waals surface area contributed by atoms with Crippen LogP contribution < -0.4 is 5.73 Å². The Kier molecular flexibility index (Phi) is 4.42. The normalized spacial score (nSPS) is 12.7. The van der Waals surface area contributed by atoms with E-state index in [0.29, 0.717) is 0 Å². The van der Waals surface area contributed by atoms with Crippen LogP contribution in [0.15, 0.2) is 29.0 Å². The van der Waals surface area contributed by atoms with E-state index in [2.05, 4.69) is 57.5 Å². The molecule has 19 heavy (non-hydrogen) atoms. The van der Waals surface area contributed by atoms with Crippen LogP contribution in [0.2, 0.25) is 0 Å². The molecule has 0 fully saturated rings. The van der Waals surface area contributed by atoms with E-state index in [-0.39, 0.29) is 6.04 Å². The van der Waals surface area contributed by atoms with Gasteiger partial charge in [0.2, 0.25) is 0 Å². The number of imidazole rings is 1. The lowest BCUT2D eigenvalue weighted by atomic mass is 10.0. The van der Waals surface area contributed by atoms with Gasteiger partial charge in [-0.1, -0.05) is 22.9 Å². The molecule has 3 nitrogen and oxygen atoms in total. The van der Waals surface area contributed by atoms with Crippen LogP contribution in [-0.4, -0.2) is 15.6 Å². The third-order valence-electron chi connectivity index (χ3n) is 3.56. The van der Waals surface area contributed by atoms with Crippen LogP contribution in [0, 0.1) is 13.8 Å². The van der Waals surface area contributed by atoms with Crippen molar-refractivity contribution in [3.8, 4) is 5.69 Å². The Morgan fingerprint density at radius 3 is 2.68 bits per heavy atom. The molecule has 2 rings (SSSR count). The highest BCUT2D eigenvalue weighted by Gasteiger charge is 2.11. The molecule has 102 valence electrons. The predicted molar refractivity (Wildman–Crippen MR) is 82.7 cm³/mol. The lowest BCUT2D eigenvalue weighted by Crippen LogP contribution is -2.22. The molecule has 0 radical (unpaired) electrons. The summed E-state index contributed by atoms with van der Waals surface area (Å²) in [6.45, 7) is 6.24. The van der Waals surface area contributed by atoms with Gasteiger partial charge in [-0.05, 0) is 50.5 Å². The zero-order valence-corrected chi connectivity index (χ0v) is 13.2. The molecule has 0 aliphatic rings. The molecule has 1 aromatic carbocycles. The third-order valence-corrected chi connectivity index (χ3v) is 4.05. The molecule has 0 aliphatic carbocycles. The van der Waals surface area contributed by atoms with Gasteiger partial charge in [-0.25, -0.2) is 4.98 Å². The lowest BCUT2D eigenvalue weighted by Gasteiger charge is -2.15. The van der Waals surface area contributed by atoms with Crippen LogP contribution in [-0.2, 0) is 6.42 Å². The molecule has 2 N–H and O–H groups in total. The van der Waals surface area contributed by atoms with Crippen molar-refractivity contribution in [2.45, 2.75) is 39.7 Å². The number of benzene rings is 1. The summed E-state index contributed by atoms with van der Waals surface area (Å²) in [5.41, 5.74) is 10.8. The van der Waals surface area contributed by atoms with Crippen LogP contribution in [0.3, 0.4) is 0 Å². The van der Waals surface area contributed by atoms with E-state index in [9.17, 15) is 0 Å². The first-order chi connectivity index (χ1) is 9.02. The molecule has 0 bridgehead atoms. The molecule has 1 unspecified atom stereocenters. The van der Waals surface area contributed by atoms with Crippen LogP contribution in [0.4, 0.5) is 0 Å². The highest BCUT2D eigenvalue weighted by atomic mass is 79.9. The van der Waals surface area contributed by atoms with Gasteiger partial charge in [0.15, 0.2) is 0 Å². The monoisotopic (exact) mass is 321 g/mol. The second kappa shape index (κ2) is 5.88. The summed E-state index contributed by atoms with van der Waals surface area (Å²) in [6.07, 6.45) is 3.74. The first kappa shape index (κ1) is 14.3. The second-order valence-corrected chi connectivity index (χ2v) is 5.85. The Balaban J connectivity index is 2.47. The van der Waals surface area contributed by atoms with E-state index in [1.807, 2.05) is 13.3 Å². The molecule has 0 saturated carbocycles. The minimum atomic E-state index is 0.193. The number of hydrogen-bond donors (Lipinski definition) is 1. The smallest absolute Gasteiger partial charge is 0.0997 e. The molecule has 1 heterocycles. The number of aromatic nitrogens is 2.